The Morgan fingerprint density at radius 2 is 0.843 bits per heavy atom. The van der Waals surface area contributed by atoms with Gasteiger partial charge >= 0.3 is 0 Å². The number of furan rings is 1. The molecular formula is C48H31NOS. The molecule has 2 nitrogen and oxygen atoms in total. The first-order valence-corrected chi connectivity index (χ1v) is 18.1. The molecule has 2 aromatic heterocycles. The van der Waals surface area contributed by atoms with Gasteiger partial charge in [0.25, 0.3) is 0 Å². The molecule has 10 rings (SSSR count). The van der Waals surface area contributed by atoms with E-state index in [-0.39, 0.29) is 0 Å². The van der Waals surface area contributed by atoms with Gasteiger partial charge in [0.15, 0.2) is 0 Å². The van der Waals surface area contributed by atoms with Crippen LogP contribution in [-0.2, 0) is 0 Å². The van der Waals surface area contributed by atoms with Gasteiger partial charge in [0.1, 0.15) is 11.2 Å². The second kappa shape index (κ2) is 12.2. The molecule has 0 aliphatic carbocycles. The summed E-state index contributed by atoms with van der Waals surface area (Å²) in [6, 6.07) is 67.2. The van der Waals surface area contributed by atoms with E-state index in [0.29, 0.717) is 0 Å². The van der Waals surface area contributed by atoms with Crippen LogP contribution in [0.4, 0.5) is 17.1 Å². The van der Waals surface area contributed by atoms with Crippen molar-refractivity contribution in [1.82, 2.24) is 0 Å². The van der Waals surface area contributed by atoms with E-state index in [9.17, 15) is 0 Å². The van der Waals surface area contributed by atoms with E-state index < -0.39 is 0 Å². The van der Waals surface area contributed by atoms with Crippen molar-refractivity contribution in [1.29, 1.82) is 0 Å². The molecule has 0 saturated carbocycles. The summed E-state index contributed by atoms with van der Waals surface area (Å²) in [5.41, 5.74) is 12.2. The molecule has 2 heterocycles. The van der Waals surface area contributed by atoms with Gasteiger partial charge in [-0.25, -0.2) is 0 Å². The lowest BCUT2D eigenvalue weighted by Crippen LogP contribution is -2.10. The maximum Gasteiger partial charge on any atom is 0.137 e. The van der Waals surface area contributed by atoms with Crippen molar-refractivity contribution in [2.75, 3.05) is 4.90 Å². The summed E-state index contributed by atoms with van der Waals surface area (Å²) in [6.07, 6.45) is 0. The van der Waals surface area contributed by atoms with Crippen LogP contribution in [-0.4, -0.2) is 0 Å². The van der Waals surface area contributed by atoms with E-state index in [0.717, 1.165) is 33.6 Å². The smallest absolute Gasteiger partial charge is 0.137 e. The fourth-order valence-electron chi connectivity index (χ4n) is 7.40. The first-order chi connectivity index (χ1) is 25.3. The van der Waals surface area contributed by atoms with Gasteiger partial charge in [0.2, 0.25) is 0 Å². The van der Waals surface area contributed by atoms with E-state index in [1.807, 2.05) is 11.3 Å². The Kier molecular flexibility index (Phi) is 7.04. The number of thiophene rings is 1. The van der Waals surface area contributed by atoms with Crippen LogP contribution in [0.25, 0.3) is 75.5 Å². The lowest BCUT2D eigenvalue weighted by molar-refractivity contribution is 0.669. The Labute approximate surface area is 300 Å². The van der Waals surface area contributed by atoms with Crippen molar-refractivity contribution in [3.8, 4) is 33.4 Å². The number of hydrogen-bond donors (Lipinski definition) is 0. The van der Waals surface area contributed by atoms with Crippen molar-refractivity contribution in [2.45, 2.75) is 0 Å². The second-order valence-corrected chi connectivity index (χ2v) is 14.0. The third-order valence-electron chi connectivity index (χ3n) is 9.91. The Hall–Kier alpha value is -6.42. The molecule has 3 heteroatoms. The Morgan fingerprint density at radius 3 is 1.43 bits per heavy atom. The van der Waals surface area contributed by atoms with Crippen LogP contribution in [0.5, 0.6) is 0 Å². The normalized spacial score (nSPS) is 11.5. The van der Waals surface area contributed by atoms with Crippen molar-refractivity contribution in [3.05, 3.63) is 188 Å². The molecule has 0 fully saturated rings. The van der Waals surface area contributed by atoms with E-state index in [1.54, 1.807) is 0 Å². The molecule has 0 N–H and O–H groups in total. The van der Waals surface area contributed by atoms with Crippen LogP contribution in [0.1, 0.15) is 0 Å². The quantitative estimate of drug-likeness (QED) is 0.175. The summed E-state index contributed by atoms with van der Waals surface area (Å²) in [6.45, 7) is 0. The third kappa shape index (κ3) is 5.10. The highest BCUT2D eigenvalue weighted by molar-refractivity contribution is 7.26. The summed E-state index contributed by atoms with van der Waals surface area (Å²) in [5, 5.41) is 4.84. The molecule has 8 aromatic carbocycles. The van der Waals surface area contributed by atoms with Crippen molar-refractivity contribution in [2.24, 2.45) is 0 Å². The predicted molar refractivity (Wildman–Crippen MR) is 218 cm³/mol. The minimum absolute atomic E-state index is 0.883. The highest BCUT2D eigenvalue weighted by Crippen LogP contribution is 2.48. The molecule has 0 aliphatic heterocycles. The van der Waals surface area contributed by atoms with Crippen molar-refractivity contribution < 1.29 is 4.42 Å². The first-order valence-electron chi connectivity index (χ1n) is 17.3. The fraction of sp³-hybridized carbons (Fsp3) is 0. The zero-order valence-electron chi connectivity index (χ0n) is 27.7. The Balaban J connectivity index is 1.13. The number of fused-ring (bicyclic) bond motifs is 7. The minimum atomic E-state index is 0.883. The lowest BCUT2D eigenvalue weighted by Gasteiger charge is -2.26. The van der Waals surface area contributed by atoms with Crippen LogP contribution in [0, 0.1) is 0 Å². The van der Waals surface area contributed by atoms with E-state index in [4.69, 9.17) is 4.42 Å². The average Bonchev–Trinajstić information content (AvgIpc) is 3.78. The molecule has 0 saturated heterocycles. The lowest BCUT2D eigenvalue weighted by atomic mass is 10.00. The number of rotatable bonds is 6. The number of hydrogen-bond acceptors (Lipinski definition) is 3. The zero-order chi connectivity index (χ0) is 33.7. The zero-order valence-corrected chi connectivity index (χ0v) is 28.5. The largest absolute Gasteiger partial charge is 0.456 e. The van der Waals surface area contributed by atoms with Gasteiger partial charge in [-0.05, 0) is 88.0 Å². The van der Waals surface area contributed by atoms with E-state index >= 15 is 0 Å². The number of nitrogens with zero attached hydrogens (tertiary/aromatic N) is 1. The van der Waals surface area contributed by atoms with Gasteiger partial charge in [-0.1, -0.05) is 133 Å². The van der Waals surface area contributed by atoms with E-state index in [1.165, 1.54) is 58.9 Å². The molecule has 0 radical (unpaired) electrons. The molecule has 0 spiro atoms. The topological polar surface area (TPSA) is 16.4 Å². The Morgan fingerprint density at radius 1 is 0.353 bits per heavy atom. The maximum atomic E-state index is 6.59. The minimum Gasteiger partial charge on any atom is -0.456 e. The maximum absolute atomic E-state index is 6.59. The van der Waals surface area contributed by atoms with Gasteiger partial charge in [0.05, 0.1) is 11.1 Å². The highest BCUT2D eigenvalue weighted by Gasteiger charge is 2.22. The van der Waals surface area contributed by atoms with Crippen LogP contribution in [0.3, 0.4) is 0 Å². The van der Waals surface area contributed by atoms with Gasteiger partial charge in [-0.15, -0.1) is 11.3 Å². The van der Waals surface area contributed by atoms with E-state index in [2.05, 4.69) is 193 Å². The van der Waals surface area contributed by atoms with Gasteiger partial charge in [0, 0.05) is 36.9 Å². The SMILES string of the molecule is c1ccc(-c2ccc(-c3ccc(N(c4ccc(-c5ccccc5)cc4)c4cccc5oc6ccc7c8ccccc8sc7c6c45)cc3)cc2)cc1. The second-order valence-electron chi connectivity index (χ2n) is 12.9. The molecule has 0 amide bonds. The summed E-state index contributed by atoms with van der Waals surface area (Å²) < 4.78 is 9.14. The van der Waals surface area contributed by atoms with Crippen LogP contribution in [0.2, 0.25) is 0 Å². The molecule has 240 valence electrons. The standard InChI is InChI=1S/C48H31NOS/c1-3-10-32(11-4-1)34-18-20-35(21-19-34)37-24-28-39(29-25-37)49(38-26-22-36(23-27-38)33-12-5-2-6-13-33)42-15-9-16-43-46(42)47-44(50-43)31-30-41-40-14-7-8-17-45(40)51-48(41)47/h1-31H. The summed E-state index contributed by atoms with van der Waals surface area (Å²) >= 11 is 1.84. The molecule has 0 unspecified atom stereocenters. The van der Waals surface area contributed by atoms with Crippen LogP contribution >= 0.6 is 11.3 Å². The Bertz CT molecular complexity index is 2810. The van der Waals surface area contributed by atoms with Gasteiger partial charge < -0.3 is 9.32 Å². The highest BCUT2D eigenvalue weighted by atomic mass is 32.1. The van der Waals surface area contributed by atoms with Crippen molar-refractivity contribution in [3.63, 3.8) is 0 Å². The summed E-state index contributed by atoms with van der Waals surface area (Å²) in [5.74, 6) is 0. The van der Waals surface area contributed by atoms with Gasteiger partial charge in [-0.3, -0.25) is 0 Å². The van der Waals surface area contributed by atoms with Crippen LogP contribution < -0.4 is 4.90 Å². The third-order valence-corrected chi connectivity index (χ3v) is 11.1. The van der Waals surface area contributed by atoms with Crippen molar-refractivity contribution >= 4 is 70.5 Å². The predicted octanol–water partition coefficient (Wildman–Crippen LogP) is 14.4. The number of benzene rings is 8. The summed E-state index contributed by atoms with van der Waals surface area (Å²) in [7, 11) is 0. The molecule has 0 bridgehead atoms. The van der Waals surface area contributed by atoms with Gasteiger partial charge in [-0.2, -0.15) is 0 Å². The molecule has 51 heavy (non-hydrogen) atoms. The molecular weight excluding hydrogens is 639 g/mol. The fourth-order valence-corrected chi connectivity index (χ4v) is 8.65. The molecule has 0 atom stereocenters. The number of anilines is 3. The van der Waals surface area contributed by atoms with Crippen LogP contribution in [0.15, 0.2) is 192 Å². The monoisotopic (exact) mass is 669 g/mol. The average molecular weight is 670 g/mol. The molecule has 10 aromatic rings. The molecule has 0 aliphatic rings. The summed E-state index contributed by atoms with van der Waals surface area (Å²) in [4.78, 5) is 2.38. The first kappa shape index (κ1) is 29.5.